The van der Waals surface area contributed by atoms with Crippen molar-refractivity contribution in [1.29, 1.82) is 0 Å². The summed E-state index contributed by atoms with van der Waals surface area (Å²) in [5, 5.41) is 0. The van der Waals surface area contributed by atoms with Gasteiger partial charge in [0.15, 0.2) is 0 Å². The molecule has 0 aliphatic heterocycles. The van der Waals surface area contributed by atoms with Crippen molar-refractivity contribution in [3.63, 3.8) is 0 Å². The number of nitrogens with two attached hydrogens (primary N) is 1. The molecule has 2 nitrogen and oxygen atoms in total. The van der Waals surface area contributed by atoms with E-state index in [2.05, 4.69) is 18.7 Å². The third-order valence-electron chi connectivity index (χ3n) is 3.72. The zero-order chi connectivity index (χ0) is 10.4. The molecule has 1 saturated carbocycles. The van der Waals surface area contributed by atoms with E-state index >= 15 is 0 Å². The summed E-state index contributed by atoms with van der Waals surface area (Å²) in [6, 6.07) is 0.860. The van der Waals surface area contributed by atoms with Crippen molar-refractivity contribution in [1.82, 2.24) is 4.90 Å². The van der Waals surface area contributed by atoms with Crippen LogP contribution < -0.4 is 5.73 Å². The highest BCUT2D eigenvalue weighted by Crippen LogP contribution is 2.29. The highest BCUT2D eigenvalue weighted by atomic mass is 15.1. The Morgan fingerprint density at radius 2 is 1.64 bits per heavy atom. The van der Waals surface area contributed by atoms with E-state index in [9.17, 15) is 0 Å². The third-order valence-corrected chi connectivity index (χ3v) is 3.72. The van der Waals surface area contributed by atoms with Crippen LogP contribution in [0.4, 0.5) is 0 Å². The van der Waals surface area contributed by atoms with Crippen LogP contribution in [0.25, 0.3) is 0 Å². The second-order valence-electron chi connectivity index (χ2n) is 4.47. The van der Waals surface area contributed by atoms with Gasteiger partial charge in [0, 0.05) is 6.04 Å². The van der Waals surface area contributed by atoms with Gasteiger partial charge in [-0.05, 0) is 57.7 Å². The summed E-state index contributed by atoms with van der Waals surface area (Å²) in [6.45, 7) is 7.84. The van der Waals surface area contributed by atoms with Gasteiger partial charge < -0.3 is 10.6 Å². The van der Waals surface area contributed by atoms with Crippen LogP contribution in [0.2, 0.25) is 0 Å². The molecule has 0 unspecified atom stereocenters. The SMILES string of the molecule is CCN(CC)C1CCC(CCN)CC1. The van der Waals surface area contributed by atoms with Crippen LogP contribution in [0.5, 0.6) is 0 Å². The molecule has 0 saturated heterocycles. The van der Waals surface area contributed by atoms with Crippen molar-refractivity contribution < 1.29 is 0 Å². The lowest BCUT2D eigenvalue weighted by atomic mass is 9.83. The maximum absolute atomic E-state index is 5.60. The van der Waals surface area contributed by atoms with E-state index in [0.717, 1.165) is 18.5 Å². The molecule has 0 heterocycles. The molecule has 2 N–H and O–H groups in total. The van der Waals surface area contributed by atoms with Crippen LogP contribution in [-0.4, -0.2) is 30.6 Å². The first-order valence-electron chi connectivity index (χ1n) is 6.25. The quantitative estimate of drug-likeness (QED) is 0.734. The molecule has 0 aromatic carbocycles. The molecule has 1 aliphatic rings. The fraction of sp³-hybridized carbons (Fsp3) is 1.00. The topological polar surface area (TPSA) is 29.3 Å². The summed E-state index contributed by atoms with van der Waals surface area (Å²) >= 11 is 0. The smallest absolute Gasteiger partial charge is 0.00952 e. The van der Waals surface area contributed by atoms with Gasteiger partial charge in [0.25, 0.3) is 0 Å². The Hall–Kier alpha value is -0.0800. The first kappa shape index (κ1) is 12.0. The molecule has 84 valence electrons. The Balaban J connectivity index is 2.27. The van der Waals surface area contributed by atoms with E-state index in [1.165, 1.54) is 45.2 Å². The monoisotopic (exact) mass is 198 g/mol. The molecule has 0 amide bonds. The number of rotatable bonds is 5. The second kappa shape index (κ2) is 6.41. The normalized spacial score (nSPS) is 28.3. The van der Waals surface area contributed by atoms with Crippen molar-refractivity contribution in [2.75, 3.05) is 19.6 Å². The molecule has 1 rings (SSSR count). The fourth-order valence-electron chi connectivity index (χ4n) is 2.77. The van der Waals surface area contributed by atoms with E-state index in [1.54, 1.807) is 0 Å². The van der Waals surface area contributed by atoms with E-state index in [1.807, 2.05) is 0 Å². The summed E-state index contributed by atoms with van der Waals surface area (Å²) in [5.74, 6) is 0.923. The molecule has 1 fully saturated rings. The van der Waals surface area contributed by atoms with Gasteiger partial charge in [-0.25, -0.2) is 0 Å². The third kappa shape index (κ3) is 3.25. The van der Waals surface area contributed by atoms with Gasteiger partial charge in [-0.3, -0.25) is 0 Å². The van der Waals surface area contributed by atoms with Gasteiger partial charge in [-0.15, -0.1) is 0 Å². The molecular weight excluding hydrogens is 172 g/mol. The Morgan fingerprint density at radius 3 is 2.07 bits per heavy atom. The van der Waals surface area contributed by atoms with Crippen LogP contribution in [0, 0.1) is 5.92 Å². The minimum atomic E-state index is 0.860. The Morgan fingerprint density at radius 1 is 1.07 bits per heavy atom. The van der Waals surface area contributed by atoms with Crippen molar-refractivity contribution in [2.45, 2.75) is 52.0 Å². The predicted molar refractivity (Wildman–Crippen MR) is 62.3 cm³/mol. The molecular formula is C12H26N2. The molecule has 0 atom stereocenters. The van der Waals surface area contributed by atoms with Gasteiger partial charge in [0.05, 0.1) is 0 Å². The zero-order valence-electron chi connectivity index (χ0n) is 9.84. The number of nitrogens with zero attached hydrogens (tertiary/aromatic N) is 1. The Kier molecular flexibility index (Phi) is 5.49. The van der Waals surface area contributed by atoms with E-state index in [-0.39, 0.29) is 0 Å². The first-order valence-corrected chi connectivity index (χ1v) is 6.25. The molecule has 2 heteroatoms. The summed E-state index contributed by atoms with van der Waals surface area (Å²) in [7, 11) is 0. The summed E-state index contributed by atoms with van der Waals surface area (Å²) in [4.78, 5) is 2.61. The highest BCUT2D eigenvalue weighted by molar-refractivity contribution is 4.78. The molecule has 0 aromatic heterocycles. The molecule has 0 bridgehead atoms. The first-order chi connectivity index (χ1) is 6.81. The standard InChI is InChI=1S/C12H26N2/c1-3-14(4-2)12-7-5-11(6-8-12)9-10-13/h11-12H,3-10,13H2,1-2H3. The molecule has 0 spiro atoms. The maximum Gasteiger partial charge on any atom is 0.00952 e. The van der Waals surface area contributed by atoms with E-state index < -0.39 is 0 Å². The lowest BCUT2D eigenvalue weighted by Gasteiger charge is -2.35. The Bertz CT molecular complexity index is 135. The number of hydrogen-bond donors (Lipinski definition) is 1. The maximum atomic E-state index is 5.60. The van der Waals surface area contributed by atoms with Crippen LogP contribution in [0.15, 0.2) is 0 Å². The minimum absolute atomic E-state index is 0.860. The lowest BCUT2D eigenvalue weighted by molar-refractivity contribution is 0.146. The van der Waals surface area contributed by atoms with Gasteiger partial charge in [-0.1, -0.05) is 13.8 Å². The molecule has 0 aromatic rings. The van der Waals surface area contributed by atoms with Crippen LogP contribution in [-0.2, 0) is 0 Å². The van der Waals surface area contributed by atoms with Crippen LogP contribution >= 0.6 is 0 Å². The molecule has 14 heavy (non-hydrogen) atoms. The average Bonchev–Trinajstić information content (AvgIpc) is 2.23. The van der Waals surface area contributed by atoms with Crippen molar-refractivity contribution >= 4 is 0 Å². The fourth-order valence-corrected chi connectivity index (χ4v) is 2.77. The van der Waals surface area contributed by atoms with Crippen molar-refractivity contribution in [3.8, 4) is 0 Å². The summed E-state index contributed by atoms with van der Waals surface area (Å²) in [5.41, 5.74) is 5.60. The summed E-state index contributed by atoms with van der Waals surface area (Å²) in [6.07, 6.45) is 6.83. The predicted octanol–water partition coefficient (Wildman–Crippen LogP) is 2.24. The molecule has 0 radical (unpaired) electrons. The van der Waals surface area contributed by atoms with E-state index in [0.29, 0.717) is 0 Å². The van der Waals surface area contributed by atoms with Crippen molar-refractivity contribution in [3.05, 3.63) is 0 Å². The zero-order valence-corrected chi connectivity index (χ0v) is 9.84. The van der Waals surface area contributed by atoms with Gasteiger partial charge in [0.2, 0.25) is 0 Å². The second-order valence-corrected chi connectivity index (χ2v) is 4.47. The highest BCUT2D eigenvalue weighted by Gasteiger charge is 2.23. The lowest BCUT2D eigenvalue weighted by Crippen LogP contribution is -2.38. The van der Waals surface area contributed by atoms with Crippen LogP contribution in [0.1, 0.15) is 46.0 Å². The number of hydrogen-bond acceptors (Lipinski definition) is 2. The van der Waals surface area contributed by atoms with Gasteiger partial charge in [-0.2, -0.15) is 0 Å². The molecule has 1 aliphatic carbocycles. The average molecular weight is 198 g/mol. The minimum Gasteiger partial charge on any atom is -0.330 e. The summed E-state index contributed by atoms with van der Waals surface area (Å²) < 4.78 is 0. The van der Waals surface area contributed by atoms with E-state index in [4.69, 9.17) is 5.73 Å². The van der Waals surface area contributed by atoms with Gasteiger partial charge in [0.1, 0.15) is 0 Å². The van der Waals surface area contributed by atoms with Crippen molar-refractivity contribution in [2.24, 2.45) is 11.7 Å². The Labute approximate surface area is 88.8 Å². The van der Waals surface area contributed by atoms with Crippen LogP contribution in [0.3, 0.4) is 0 Å². The largest absolute Gasteiger partial charge is 0.330 e. The van der Waals surface area contributed by atoms with Gasteiger partial charge >= 0.3 is 0 Å².